The van der Waals surface area contributed by atoms with Crippen LogP contribution < -0.4 is 10.6 Å². The zero-order valence-corrected chi connectivity index (χ0v) is 15.8. The Morgan fingerprint density at radius 1 is 1.43 bits per heavy atom. The second-order valence-electron chi connectivity index (χ2n) is 5.76. The molecule has 2 N–H and O–H groups in total. The Labute approximate surface area is 142 Å². The van der Waals surface area contributed by atoms with Gasteiger partial charge in [-0.3, -0.25) is 4.98 Å². The van der Waals surface area contributed by atoms with Gasteiger partial charge in [0.15, 0.2) is 0 Å². The maximum Gasteiger partial charge on any atom is 0.407 e. The van der Waals surface area contributed by atoms with Crippen LogP contribution in [-0.2, 0) is 11.3 Å². The number of rotatable bonds is 5. The maximum atomic E-state index is 11.6. The van der Waals surface area contributed by atoms with Crippen molar-refractivity contribution >= 4 is 38.0 Å². The zero-order valence-electron chi connectivity index (χ0n) is 12.7. The molecule has 0 fully saturated rings. The molecule has 0 radical (unpaired) electrons. The molecule has 118 valence electrons. The molecule has 1 amide bonds. The molecule has 0 aliphatic heterocycles. The molecular formula is C14H21Br2N3O2. The first-order valence-corrected chi connectivity index (χ1v) is 8.26. The van der Waals surface area contributed by atoms with Crippen molar-refractivity contribution in [2.45, 2.75) is 45.9 Å². The summed E-state index contributed by atoms with van der Waals surface area (Å²) in [5, 5.41) is 6.03. The highest BCUT2D eigenvalue weighted by molar-refractivity contribution is 9.11. The van der Waals surface area contributed by atoms with Crippen molar-refractivity contribution in [3.05, 3.63) is 26.9 Å². The Hall–Kier alpha value is -0.660. The predicted molar refractivity (Wildman–Crippen MR) is 90.2 cm³/mol. The number of nitrogens with zero attached hydrogens (tertiary/aromatic N) is 1. The molecular weight excluding hydrogens is 402 g/mol. The summed E-state index contributed by atoms with van der Waals surface area (Å²) in [5.41, 5.74) is 0.436. The third-order valence-corrected chi connectivity index (χ3v) is 3.51. The maximum absolute atomic E-state index is 11.6. The average Bonchev–Trinajstić information content (AvgIpc) is 2.29. The number of ether oxygens (including phenoxy) is 1. The minimum absolute atomic E-state index is 0.0333. The lowest BCUT2D eigenvalue weighted by atomic mass is 10.2. The molecule has 21 heavy (non-hydrogen) atoms. The minimum atomic E-state index is -0.483. The van der Waals surface area contributed by atoms with Gasteiger partial charge in [0, 0.05) is 34.3 Å². The number of nitrogens with one attached hydrogen (secondary N) is 2. The van der Waals surface area contributed by atoms with Gasteiger partial charge < -0.3 is 15.4 Å². The molecule has 0 saturated carbocycles. The van der Waals surface area contributed by atoms with Crippen LogP contribution >= 0.6 is 31.9 Å². The highest BCUT2D eigenvalue weighted by atomic mass is 79.9. The van der Waals surface area contributed by atoms with Gasteiger partial charge in [-0.2, -0.15) is 0 Å². The molecule has 0 aliphatic rings. The highest BCUT2D eigenvalue weighted by Gasteiger charge is 2.17. The van der Waals surface area contributed by atoms with Crippen LogP contribution in [0.3, 0.4) is 0 Å². The third kappa shape index (κ3) is 7.78. The van der Waals surface area contributed by atoms with Gasteiger partial charge in [-0.05, 0) is 65.6 Å². The number of alkyl carbamates (subject to hydrolysis) is 1. The number of carbonyl (C=O) groups is 1. The van der Waals surface area contributed by atoms with Crippen molar-refractivity contribution in [2.24, 2.45) is 0 Å². The zero-order chi connectivity index (χ0) is 16.0. The van der Waals surface area contributed by atoms with Gasteiger partial charge in [0.2, 0.25) is 0 Å². The summed E-state index contributed by atoms with van der Waals surface area (Å²) in [6.45, 7) is 8.68. The van der Waals surface area contributed by atoms with E-state index in [4.69, 9.17) is 4.74 Å². The monoisotopic (exact) mass is 421 g/mol. The quantitative estimate of drug-likeness (QED) is 0.760. The van der Waals surface area contributed by atoms with Crippen molar-refractivity contribution < 1.29 is 9.53 Å². The van der Waals surface area contributed by atoms with E-state index in [0.29, 0.717) is 13.1 Å². The molecule has 1 rings (SSSR count). The SMILES string of the molecule is CC(CNCc1ncc(Br)cc1Br)NC(=O)OC(C)(C)C. The number of amides is 1. The first kappa shape index (κ1) is 18.4. The van der Waals surface area contributed by atoms with Crippen molar-refractivity contribution in [3.8, 4) is 0 Å². The largest absolute Gasteiger partial charge is 0.444 e. The lowest BCUT2D eigenvalue weighted by molar-refractivity contribution is 0.0508. The fraction of sp³-hybridized carbons (Fsp3) is 0.571. The van der Waals surface area contributed by atoms with E-state index in [1.165, 1.54) is 0 Å². The summed E-state index contributed by atoms with van der Waals surface area (Å²) in [6.07, 6.45) is 1.35. The summed E-state index contributed by atoms with van der Waals surface area (Å²) >= 11 is 6.83. The van der Waals surface area contributed by atoms with Gasteiger partial charge >= 0.3 is 6.09 Å². The second-order valence-corrected chi connectivity index (χ2v) is 7.53. The number of pyridine rings is 1. The van der Waals surface area contributed by atoms with Crippen LogP contribution in [0.5, 0.6) is 0 Å². The van der Waals surface area contributed by atoms with Crippen molar-refractivity contribution in [3.63, 3.8) is 0 Å². The smallest absolute Gasteiger partial charge is 0.407 e. The molecule has 0 saturated heterocycles. The van der Waals surface area contributed by atoms with Crippen LogP contribution in [0.15, 0.2) is 21.2 Å². The molecule has 1 aromatic heterocycles. The van der Waals surface area contributed by atoms with E-state index in [2.05, 4.69) is 47.5 Å². The first-order valence-electron chi connectivity index (χ1n) is 6.67. The molecule has 1 heterocycles. The number of carbonyl (C=O) groups excluding carboxylic acids is 1. The number of hydrogen-bond donors (Lipinski definition) is 2. The summed E-state index contributed by atoms with van der Waals surface area (Å²) in [7, 11) is 0. The first-order chi connectivity index (χ1) is 9.67. The Morgan fingerprint density at radius 2 is 2.10 bits per heavy atom. The molecule has 1 aromatic rings. The Kier molecular flexibility index (Phi) is 7.09. The fourth-order valence-corrected chi connectivity index (χ4v) is 2.67. The number of hydrogen-bond acceptors (Lipinski definition) is 4. The molecule has 7 heteroatoms. The van der Waals surface area contributed by atoms with E-state index in [1.54, 1.807) is 6.20 Å². The van der Waals surface area contributed by atoms with E-state index < -0.39 is 11.7 Å². The lowest BCUT2D eigenvalue weighted by Crippen LogP contribution is -2.42. The molecule has 0 aliphatic carbocycles. The van der Waals surface area contributed by atoms with Crippen LogP contribution in [-0.4, -0.2) is 29.3 Å². The molecule has 5 nitrogen and oxygen atoms in total. The average molecular weight is 423 g/mol. The van der Waals surface area contributed by atoms with Crippen LogP contribution in [0.25, 0.3) is 0 Å². The normalized spacial score (nSPS) is 12.9. The van der Waals surface area contributed by atoms with Crippen LogP contribution in [0.1, 0.15) is 33.4 Å². The molecule has 1 atom stereocenters. The molecule has 0 aromatic carbocycles. The third-order valence-electron chi connectivity index (χ3n) is 2.39. The number of halogens is 2. The topological polar surface area (TPSA) is 63.2 Å². The van der Waals surface area contributed by atoms with Crippen LogP contribution in [0.2, 0.25) is 0 Å². The van der Waals surface area contributed by atoms with Gasteiger partial charge in [0.25, 0.3) is 0 Å². The Morgan fingerprint density at radius 3 is 2.67 bits per heavy atom. The Bertz CT molecular complexity index is 490. The van der Waals surface area contributed by atoms with Crippen molar-refractivity contribution in [1.82, 2.24) is 15.6 Å². The van der Waals surface area contributed by atoms with Crippen molar-refractivity contribution in [2.75, 3.05) is 6.54 Å². The summed E-state index contributed by atoms with van der Waals surface area (Å²) in [4.78, 5) is 15.9. The van der Waals surface area contributed by atoms with E-state index in [9.17, 15) is 4.79 Å². The van der Waals surface area contributed by atoms with E-state index in [0.717, 1.165) is 14.6 Å². The Balaban J connectivity index is 2.33. The minimum Gasteiger partial charge on any atom is -0.444 e. The predicted octanol–water partition coefficient (Wildman–Crippen LogP) is 3.61. The molecule has 1 unspecified atom stereocenters. The second kappa shape index (κ2) is 8.10. The summed E-state index contributed by atoms with van der Waals surface area (Å²) in [5.74, 6) is 0. The van der Waals surface area contributed by atoms with E-state index in [-0.39, 0.29) is 6.04 Å². The van der Waals surface area contributed by atoms with Gasteiger partial charge in [-0.1, -0.05) is 0 Å². The van der Waals surface area contributed by atoms with E-state index in [1.807, 2.05) is 33.8 Å². The highest BCUT2D eigenvalue weighted by Crippen LogP contribution is 2.19. The molecule has 0 bridgehead atoms. The number of aromatic nitrogens is 1. The van der Waals surface area contributed by atoms with Crippen molar-refractivity contribution in [1.29, 1.82) is 0 Å². The fourth-order valence-electron chi connectivity index (χ4n) is 1.54. The van der Waals surface area contributed by atoms with Gasteiger partial charge in [0.1, 0.15) is 5.60 Å². The van der Waals surface area contributed by atoms with Crippen LogP contribution in [0, 0.1) is 0 Å². The van der Waals surface area contributed by atoms with Crippen LogP contribution in [0.4, 0.5) is 4.79 Å². The lowest BCUT2D eigenvalue weighted by Gasteiger charge is -2.22. The van der Waals surface area contributed by atoms with Gasteiger partial charge in [0.05, 0.1) is 5.69 Å². The van der Waals surface area contributed by atoms with Gasteiger partial charge in [-0.25, -0.2) is 4.79 Å². The molecule has 0 spiro atoms. The van der Waals surface area contributed by atoms with E-state index >= 15 is 0 Å². The summed E-state index contributed by atoms with van der Waals surface area (Å²) in [6, 6.07) is 1.92. The van der Waals surface area contributed by atoms with Gasteiger partial charge in [-0.15, -0.1) is 0 Å². The standard InChI is InChI=1S/C14H21Br2N3O2/c1-9(19-13(20)21-14(2,3)4)6-17-8-12-11(16)5-10(15)7-18-12/h5,7,9,17H,6,8H2,1-4H3,(H,19,20). The summed E-state index contributed by atoms with van der Waals surface area (Å²) < 4.78 is 7.07.